The Labute approximate surface area is 228 Å². The first-order valence-electron chi connectivity index (χ1n) is 12.0. The van der Waals surface area contributed by atoms with Crippen molar-refractivity contribution in [1.29, 1.82) is 0 Å². The summed E-state index contributed by atoms with van der Waals surface area (Å²) < 4.78 is 0. The normalized spacial score (nSPS) is 11.1. The van der Waals surface area contributed by atoms with Gasteiger partial charge in [-0.15, -0.1) is 0 Å². The number of carbonyl (C=O) groups is 4. The maximum absolute atomic E-state index is 12.4. The minimum atomic E-state index is -1.31. The van der Waals surface area contributed by atoms with Crippen molar-refractivity contribution in [2.45, 2.75) is 18.9 Å². The smallest absolute Gasteiger partial charge is 0.326 e. The summed E-state index contributed by atoms with van der Waals surface area (Å²) in [6.45, 7) is 0. The van der Waals surface area contributed by atoms with Crippen molar-refractivity contribution in [3.8, 4) is 23.1 Å². The predicted molar refractivity (Wildman–Crippen MR) is 145 cm³/mol. The van der Waals surface area contributed by atoms with Gasteiger partial charge >= 0.3 is 11.9 Å². The number of nitrogens with zero attached hydrogens (tertiary/aromatic N) is 2. The summed E-state index contributed by atoms with van der Waals surface area (Å²) in [5, 5.41) is 20.9. The molecule has 2 heterocycles. The molecule has 11 heteroatoms. The summed E-state index contributed by atoms with van der Waals surface area (Å²) in [5.74, 6) is 7.85. The number of hydrogen-bond donors (Lipinski definition) is 5. The number of aliphatic carboxylic acids is 2. The van der Waals surface area contributed by atoms with E-state index in [4.69, 9.17) is 10.9 Å². The topological polar surface area (TPSA) is 185 Å². The second kappa shape index (κ2) is 12.3. The number of hydrogen-bond acceptors (Lipinski definition) is 7. The van der Waals surface area contributed by atoms with Crippen LogP contribution in [-0.2, 0) is 9.59 Å². The van der Waals surface area contributed by atoms with Crippen molar-refractivity contribution in [3.63, 3.8) is 0 Å². The molecule has 1 atom stereocenters. The Balaban J connectivity index is 1.47. The first-order chi connectivity index (χ1) is 19.2. The van der Waals surface area contributed by atoms with E-state index < -0.39 is 29.8 Å². The van der Waals surface area contributed by atoms with Crippen molar-refractivity contribution < 1.29 is 29.4 Å². The molecule has 4 rings (SSSR count). The molecule has 0 aliphatic carbocycles. The predicted octanol–water partition coefficient (Wildman–Crippen LogP) is 2.35. The molecule has 40 heavy (non-hydrogen) atoms. The Kier molecular flexibility index (Phi) is 8.43. The third kappa shape index (κ3) is 6.63. The van der Waals surface area contributed by atoms with Gasteiger partial charge in [0.1, 0.15) is 6.04 Å². The van der Waals surface area contributed by atoms with E-state index in [1.165, 1.54) is 12.1 Å². The summed E-state index contributed by atoms with van der Waals surface area (Å²) >= 11 is 0. The summed E-state index contributed by atoms with van der Waals surface area (Å²) in [7, 11) is 0. The molecule has 6 N–H and O–H groups in total. The van der Waals surface area contributed by atoms with Crippen LogP contribution in [0.5, 0.6) is 0 Å². The Morgan fingerprint density at radius 1 is 0.900 bits per heavy atom. The van der Waals surface area contributed by atoms with Gasteiger partial charge in [-0.3, -0.25) is 24.8 Å². The molecule has 1 unspecified atom stereocenters. The number of fused-ring (bicyclic) bond motifs is 1. The van der Waals surface area contributed by atoms with Gasteiger partial charge in [-0.1, -0.05) is 24.0 Å². The summed E-state index contributed by atoms with van der Waals surface area (Å²) in [5.41, 5.74) is 6.03. The third-order valence-electron chi connectivity index (χ3n) is 5.92. The number of nitrogens with one attached hydrogen (secondary N) is 2. The van der Waals surface area contributed by atoms with Crippen LogP contribution >= 0.6 is 0 Å². The number of carboxylic acid groups (broad SMARTS) is 2. The minimum Gasteiger partial charge on any atom is -0.481 e. The van der Waals surface area contributed by atoms with Gasteiger partial charge < -0.3 is 15.5 Å². The van der Waals surface area contributed by atoms with Crippen LogP contribution in [0.15, 0.2) is 73.1 Å². The van der Waals surface area contributed by atoms with Gasteiger partial charge in [-0.05, 0) is 55.0 Å². The highest BCUT2D eigenvalue weighted by Crippen LogP contribution is 2.24. The molecule has 2 aromatic heterocycles. The first-order valence-corrected chi connectivity index (χ1v) is 12.0. The van der Waals surface area contributed by atoms with Gasteiger partial charge in [-0.25, -0.2) is 15.6 Å². The van der Waals surface area contributed by atoms with Gasteiger partial charge in [-0.2, -0.15) is 0 Å². The zero-order valence-corrected chi connectivity index (χ0v) is 20.9. The van der Waals surface area contributed by atoms with E-state index >= 15 is 0 Å². The van der Waals surface area contributed by atoms with E-state index in [-0.39, 0.29) is 18.4 Å². The second-order valence-electron chi connectivity index (χ2n) is 8.62. The first kappa shape index (κ1) is 27.4. The highest BCUT2D eigenvalue weighted by atomic mass is 16.4. The lowest BCUT2D eigenvalue weighted by molar-refractivity contribution is -0.140. The summed E-state index contributed by atoms with van der Waals surface area (Å²) in [6, 6.07) is 15.6. The van der Waals surface area contributed by atoms with Crippen LogP contribution in [0.25, 0.3) is 22.2 Å². The number of amides is 2. The lowest BCUT2D eigenvalue weighted by Gasteiger charge is -2.13. The third-order valence-corrected chi connectivity index (χ3v) is 5.92. The SMILES string of the molecule is NNC(=O)c1cc(-c2ccc(C#Cc3ccc(C(=O)NC(CCC(=O)O)C(=O)O)cc3)cc2)nc2ccncc12. The number of pyridine rings is 2. The van der Waals surface area contributed by atoms with Crippen molar-refractivity contribution in [3.05, 3.63) is 95.3 Å². The Morgan fingerprint density at radius 3 is 2.15 bits per heavy atom. The lowest BCUT2D eigenvalue weighted by atomic mass is 10.0. The van der Waals surface area contributed by atoms with E-state index in [2.05, 4.69) is 32.6 Å². The molecule has 0 aliphatic heterocycles. The van der Waals surface area contributed by atoms with Crippen LogP contribution in [0.4, 0.5) is 0 Å². The largest absolute Gasteiger partial charge is 0.481 e. The Morgan fingerprint density at radius 2 is 1.55 bits per heavy atom. The van der Waals surface area contributed by atoms with Crippen LogP contribution in [0.2, 0.25) is 0 Å². The minimum absolute atomic E-state index is 0.220. The molecule has 0 spiro atoms. The van der Waals surface area contributed by atoms with Gasteiger partial charge in [0.2, 0.25) is 0 Å². The van der Waals surface area contributed by atoms with E-state index in [9.17, 15) is 24.3 Å². The van der Waals surface area contributed by atoms with Crippen molar-refractivity contribution in [2.75, 3.05) is 0 Å². The van der Waals surface area contributed by atoms with Crippen LogP contribution < -0.4 is 16.6 Å². The zero-order chi connectivity index (χ0) is 28.6. The van der Waals surface area contributed by atoms with Crippen molar-refractivity contribution in [1.82, 2.24) is 20.7 Å². The van der Waals surface area contributed by atoms with Crippen LogP contribution in [0, 0.1) is 11.8 Å². The summed E-state index contributed by atoms with van der Waals surface area (Å²) in [4.78, 5) is 55.4. The Hall–Kier alpha value is -5.60. The van der Waals surface area contributed by atoms with Gasteiger partial charge in [0.15, 0.2) is 0 Å². The molecular formula is C29H23N5O6. The van der Waals surface area contributed by atoms with Gasteiger partial charge in [0.05, 0.1) is 16.8 Å². The average Bonchev–Trinajstić information content (AvgIpc) is 2.97. The van der Waals surface area contributed by atoms with E-state index in [1.807, 2.05) is 24.3 Å². The highest BCUT2D eigenvalue weighted by molar-refractivity contribution is 6.06. The molecule has 4 aromatic rings. The van der Waals surface area contributed by atoms with Crippen molar-refractivity contribution in [2.24, 2.45) is 5.84 Å². The van der Waals surface area contributed by atoms with E-state index in [0.717, 1.165) is 11.1 Å². The number of benzene rings is 2. The fraction of sp³-hybridized carbons (Fsp3) is 0.103. The lowest BCUT2D eigenvalue weighted by Crippen LogP contribution is -2.41. The molecule has 2 amide bonds. The molecule has 0 saturated heterocycles. The van der Waals surface area contributed by atoms with Crippen LogP contribution in [0.1, 0.15) is 44.7 Å². The van der Waals surface area contributed by atoms with Crippen LogP contribution in [-0.4, -0.2) is 50.0 Å². The van der Waals surface area contributed by atoms with Crippen LogP contribution in [0.3, 0.4) is 0 Å². The number of carbonyl (C=O) groups excluding carboxylic acids is 2. The molecule has 0 fully saturated rings. The number of hydrazine groups is 1. The second-order valence-corrected chi connectivity index (χ2v) is 8.62. The monoisotopic (exact) mass is 537 g/mol. The molecule has 0 aliphatic rings. The van der Waals surface area contributed by atoms with E-state index in [0.29, 0.717) is 27.7 Å². The highest BCUT2D eigenvalue weighted by Gasteiger charge is 2.21. The molecular weight excluding hydrogens is 514 g/mol. The molecule has 0 bridgehead atoms. The van der Waals surface area contributed by atoms with Gasteiger partial charge in [0.25, 0.3) is 11.8 Å². The molecule has 200 valence electrons. The number of rotatable bonds is 8. The van der Waals surface area contributed by atoms with E-state index in [1.54, 1.807) is 36.7 Å². The molecule has 0 radical (unpaired) electrons. The maximum Gasteiger partial charge on any atom is 0.326 e. The summed E-state index contributed by atoms with van der Waals surface area (Å²) in [6.07, 6.45) is 2.55. The molecule has 11 nitrogen and oxygen atoms in total. The molecule has 2 aromatic carbocycles. The van der Waals surface area contributed by atoms with Gasteiger partial charge in [0, 0.05) is 46.5 Å². The zero-order valence-electron chi connectivity index (χ0n) is 20.9. The Bertz CT molecular complexity index is 1660. The fourth-order valence-electron chi connectivity index (χ4n) is 3.82. The van der Waals surface area contributed by atoms with Crippen molar-refractivity contribution >= 4 is 34.7 Å². The number of carboxylic acids is 2. The maximum atomic E-state index is 12.4. The standard InChI is InChI=1S/C29H23N5O6/c30-34-28(38)21-15-25(32-23-13-14-31-16-22(21)23)19-7-3-17(4-8-19)1-2-18-5-9-20(10-6-18)27(37)33-24(29(39)40)11-12-26(35)36/h3-10,13-16,24H,11-12,30H2,(H,33,37)(H,34,38)(H,35,36)(H,39,40). The fourth-order valence-corrected chi connectivity index (χ4v) is 3.82. The number of nitrogen functional groups attached to an aromatic ring is 1. The quantitative estimate of drug-likeness (QED) is 0.0974. The average molecular weight is 538 g/mol. The number of aromatic nitrogens is 2. The number of nitrogens with two attached hydrogens (primary N) is 1. The molecule has 0 saturated carbocycles.